The number of carbonyl (C=O) groups is 1. The number of halogens is 1. The Kier molecular flexibility index (Phi) is 12.3. The molecule has 17 heteroatoms. The van der Waals surface area contributed by atoms with E-state index >= 15 is 0 Å². The van der Waals surface area contributed by atoms with Crippen LogP contribution in [0.2, 0.25) is 5.02 Å². The van der Waals surface area contributed by atoms with Gasteiger partial charge in [-0.2, -0.15) is 4.98 Å². The van der Waals surface area contributed by atoms with Gasteiger partial charge in [-0.15, -0.1) is 0 Å². The second kappa shape index (κ2) is 18.5. The van der Waals surface area contributed by atoms with Crippen LogP contribution in [0.1, 0.15) is 66.4 Å². The highest BCUT2D eigenvalue weighted by atomic mass is 35.5. The zero-order valence-electron chi connectivity index (χ0n) is 36.5. The van der Waals surface area contributed by atoms with Gasteiger partial charge >= 0.3 is 0 Å². The highest BCUT2D eigenvalue weighted by molar-refractivity contribution is 7.90. The van der Waals surface area contributed by atoms with Crippen LogP contribution in [0.25, 0.3) is 22.2 Å². The number of nitro groups is 1. The van der Waals surface area contributed by atoms with Gasteiger partial charge < -0.3 is 29.4 Å². The number of carbonyl (C=O) groups excluding carboxylic acids is 1. The van der Waals surface area contributed by atoms with Crippen LogP contribution in [0, 0.1) is 21.4 Å². The predicted octanol–water partition coefficient (Wildman–Crippen LogP) is 8.75. The summed E-state index contributed by atoms with van der Waals surface area (Å²) in [6.07, 6.45) is 10.2. The standard InChI is InChI=1S/C49H52ClN7O8S/c50-38-5-2-34(3-6-38)41-27-49(30-64-31-49)16-10-37(41)29-55-19-12-33(13-20-55)35-4-8-40(43(24-35)56-18-1-21-65-48-45(56)25-36-11-17-51-46(36)53-48)47(58)54-66(61,62)39-7-9-42(44(26-39)57(59)60)52-28-32-14-22-63-23-15-32/h2-9,11-12,17,24-26,32,52H,1,10,13-16,18-23,27-31H2,(H,51,53)(H,54,58). The molecule has 344 valence electrons. The van der Waals surface area contributed by atoms with Crippen molar-refractivity contribution in [3.63, 3.8) is 0 Å². The molecule has 3 N–H and O–H groups in total. The Morgan fingerprint density at radius 2 is 1.77 bits per heavy atom. The van der Waals surface area contributed by atoms with Crippen LogP contribution in [-0.4, -0.2) is 99.9 Å². The number of aromatic amines is 1. The lowest BCUT2D eigenvalue weighted by Gasteiger charge is -2.46. The van der Waals surface area contributed by atoms with Gasteiger partial charge in [0, 0.05) is 74.0 Å². The maximum atomic E-state index is 14.4. The van der Waals surface area contributed by atoms with Crippen LogP contribution in [-0.2, 0) is 19.5 Å². The molecule has 1 amide bonds. The van der Waals surface area contributed by atoms with E-state index in [1.807, 2.05) is 41.3 Å². The largest absolute Gasteiger partial charge is 0.476 e. The molecule has 0 unspecified atom stereocenters. The third-order valence-electron chi connectivity index (χ3n) is 13.7. The summed E-state index contributed by atoms with van der Waals surface area (Å²) < 4.78 is 47.4. The lowest BCUT2D eigenvalue weighted by molar-refractivity contribution is -0.384. The average molecular weight is 935 g/mol. The number of ether oxygens (including phenoxy) is 3. The molecule has 2 fully saturated rings. The number of H-pyrrole nitrogens is 1. The quantitative estimate of drug-likeness (QED) is 0.0801. The molecular formula is C49H52ClN7O8S. The van der Waals surface area contributed by atoms with Crippen LogP contribution in [0.5, 0.6) is 5.88 Å². The zero-order chi connectivity index (χ0) is 45.4. The summed E-state index contributed by atoms with van der Waals surface area (Å²) in [6, 6.07) is 21.2. The normalized spacial score (nSPS) is 19.1. The van der Waals surface area contributed by atoms with Crippen LogP contribution < -0.4 is 19.7 Å². The second-order valence-corrected chi connectivity index (χ2v) is 20.2. The summed E-state index contributed by atoms with van der Waals surface area (Å²) >= 11 is 6.29. The molecule has 0 radical (unpaired) electrons. The van der Waals surface area contributed by atoms with Gasteiger partial charge in [0.15, 0.2) is 0 Å². The van der Waals surface area contributed by atoms with Gasteiger partial charge in [0.25, 0.3) is 21.6 Å². The average Bonchev–Trinajstić information content (AvgIpc) is 3.68. The molecule has 10 rings (SSSR count). The molecule has 1 spiro atoms. The van der Waals surface area contributed by atoms with Crippen LogP contribution in [0.15, 0.2) is 95.5 Å². The fourth-order valence-corrected chi connectivity index (χ4v) is 11.0. The third-order valence-corrected chi connectivity index (χ3v) is 15.3. The summed E-state index contributed by atoms with van der Waals surface area (Å²) in [5.74, 6) is -0.212. The molecule has 2 aromatic heterocycles. The molecule has 0 atom stereocenters. The van der Waals surface area contributed by atoms with E-state index in [1.165, 1.54) is 28.8 Å². The number of sulfonamides is 1. The fourth-order valence-electron chi connectivity index (χ4n) is 9.89. The van der Waals surface area contributed by atoms with Crippen molar-refractivity contribution in [2.24, 2.45) is 11.3 Å². The number of fused-ring (bicyclic) bond motifs is 2. The van der Waals surface area contributed by atoms with Gasteiger partial charge in [-0.05, 0) is 122 Å². The number of amides is 1. The molecule has 5 aliphatic rings. The van der Waals surface area contributed by atoms with E-state index in [2.05, 4.69) is 38.1 Å². The predicted molar refractivity (Wildman–Crippen MR) is 254 cm³/mol. The van der Waals surface area contributed by atoms with E-state index in [9.17, 15) is 23.3 Å². The number of pyridine rings is 1. The summed E-state index contributed by atoms with van der Waals surface area (Å²) in [6.45, 7) is 6.64. The minimum absolute atomic E-state index is 0.111. The molecular weight excluding hydrogens is 882 g/mol. The maximum Gasteiger partial charge on any atom is 0.293 e. The topological polar surface area (TPSA) is 181 Å². The smallest absolute Gasteiger partial charge is 0.293 e. The Hall–Kier alpha value is -5.78. The van der Waals surface area contributed by atoms with Gasteiger partial charge in [0.2, 0.25) is 5.88 Å². The number of allylic oxidation sites excluding steroid dienone is 1. The first-order valence-corrected chi connectivity index (χ1v) is 24.5. The second-order valence-electron chi connectivity index (χ2n) is 18.1. The maximum absolute atomic E-state index is 14.4. The summed E-state index contributed by atoms with van der Waals surface area (Å²) in [4.78, 5) is 37.9. The van der Waals surface area contributed by atoms with Crippen LogP contribution in [0.4, 0.5) is 22.7 Å². The Bertz CT molecular complexity index is 2850. The third kappa shape index (κ3) is 9.16. The number of hydrogen-bond donors (Lipinski definition) is 3. The first-order valence-electron chi connectivity index (χ1n) is 22.7. The molecule has 15 nitrogen and oxygen atoms in total. The van der Waals surface area contributed by atoms with Crippen LogP contribution in [0.3, 0.4) is 0 Å². The lowest BCUT2D eigenvalue weighted by Crippen LogP contribution is -2.45. The Morgan fingerprint density at radius 3 is 2.53 bits per heavy atom. The molecule has 5 aromatic rings. The summed E-state index contributed by atoms with van der Waals surface area (Å²) in [7, 11) is -4.57. The van der Waals surface area contributed by atoms with Crippen LogP contribution >= 0.6 is 11.6 Å². The number of nitrogens with zero attached hydrogens (tertiary/aromatic N) is 4. The Balaban J connectivity index is 0.938. The molecule has 4 aliphatic heterocycles. The minimum atomic E-state index is -4.57. The molecule has 3 aromatic carbocycles. The van der Waals surface area contributed by atoms with Crippen molar-refractivity contribution in [2.75, 3.05) is 76.0 Å². The number of nitrogens with one attached hydrogen (secondary N) is 3. The van der Waals surface area contributed by atoms with Gasteiger partial charge in [-0.25, -0.2) is 13.1 Å². The van der Waals surface area contributed by atoms with Crippen molar-refractivity contribution in [2.45, 2.75) is 49.8 Å². The van der Waals surface area contributed by atoms with Crippen molar-refractivity contribution in [3.8, 4) is 5.88 Å². The number of rotatable bonds is 12. The van der Waals surface area contributed by atoms with Crippen molar-refractivity contribution >= 4 is 72.5 Å². The van der Waals surface area contributed by atoms with Gasteiger partial charge in [-0.1, -0.05) is 41.4 Å². The monoisotopic (exact) mass is 933 g/mol. The molecule has 1 aliphatic carbocycles. The first-order chi connectivity index (χ1) is 32.0. The number of nitro benzene ring substituents is 1. The van der Waals surface area contributed by atoms with E-state index in [-0.39, 0.29) is 22.6 Å². The fraction of sp³-hybridized carbons (Fsp3) is 0.388. The van der Waals surface area contributed by atoms with E-state index in [1.54, 1.807) is 12.3 Å². The van der Waals surface area contributed by atoms with Crippen molar-refractivity contribution in [1.82, 2.24) is 19.6 Å². The highest BCUT2D eigenvalue weighted by Crippen LogP contribution is 2.48. The van der Waals surface area contributed by atoms with Crippen molar-refractivity contribution < 1.29 is 32.3 Å². The summed E-state index contributed by atoms with van der Waals surface area (Å²) in [5.41, 5.74) is 8.03. The SMILES string of the molecule is O=C(NS(=O)(=O)c1ccc(NCC2CCOCC2)c([N+](=O)[O-])c1)c1ccc(C2=CCN(CC3=C(c4ccc(Cl)cc4)CC4(CC3)COC4)CC2)cc1N1CCCOc2nc3[nH]ccc3cc21. The molecule has 0 bridgehead atoms. The minimum Gasteiger partial charge on any atom is -0.476 e. The van der Waals surface area contributed by atoms with Crippen molar-refractivity contribution in [3.05, 3.63) is 122 Å². The number of anilines is 3. The van der Waals surface area contributed by atoms with E-state index in [0.717, 1.165) is 99.0 Å². The zero-order valence-corrected chi connectivity index (χ0v) is 38.1. The Labute approximate surface area is 388 Å². The molecule has 2 saturated heterocycles. The lowest BCUT2D eigenvalue weighted by atomic mass is 9.68. The van der Waals surface area contributed by atoms with E-state index in [0.29, 0.717) is 62.2 Å². The summed E-state index contributed by atoms with van der Waals surface area (Å²) in [5, 5.41) is 16.9. The highest BCUT2D eigenvalue weighted by Gasteiger charge is 2.42. The first kappa shape index (κ1) is 44.1. The van der Waals surface area contributed by atoms with Gasteiger partial charge in [-0.3, -0.25) is 19.8 Å². The van der Waals surface area contributed by atoms with Crippen molar-refractivity contribution in [1.29, 1.82) is 0 Å². The van der Waals surface area contributed by atoms with E-state index < -0.39 is 31.4 Å². The van der Waals surface area contributed by atoms with Gasteiger partial charge in [0.1, 0.15) is 17.0 Å². The van der Waals surface area contributed by atoms with E-state index in [4.69, 9.17) is 30.8 Å². The van der Waals surface area contributed by atoms with Gasteiger partial charge in [0.05, 0.1) is 40.9 Å². The number of aromatic nitrogens is 2. The molecule has 0 saturated carbocycles. The molecule has 66 heavy (non-hydrogen) atoms. The number of hydrogen-bond acceptors (Lipinski definition) is 12. The number of benzene rings is 3. The molecule has 6 heterocycles. The Morgan fingerprint density at radius 1 is 0.955 bits per heavy atom.